The fourth-order valence-electron chi connectivity index (χ4n) is 1.71. The van der Waals surface area contributed by atoms with E-state index in [2.05, 4.69) is 12.2 Å². The third kappa shape index (κ3) is 3.93. The van der Waals surface area contributed by atoms with Crippen LogP contribution in [-0.4, -0.2) is 17.7 Å². The van der Waals surface area contributed by atoms with E-state index in [1.165, 1.54) is 24.6 Å². The topological polar surface area (TPSA) is 29.1 Å². The molecular formula is C13H16ClNOS. The van der Waals surface area contributed by atoms with Gasteiger partial charge in [-0.15, -0.1) is 11.8 Å². The molecule has 1 N–H and O–H groups in total. The van der Waals surface area contributed by atoms with Crippen molar-refractivity contribution in [3.05, 3.63) is 29.3 Å². The van der Waals surface area contributed by atoms with Gasteiger partial charge in [0.25, 0.3) is 0 Å². The van der Waals surface area contributed by atoms with Crippen LogP contribution in [-0.2, 0) is 4.79 Å². The quantitative estimate of drug-likeness (QED) is 0.831. The van der Waals surface area contributed by atoms with E-state index >= 15 is 0 Å². The van der Waals surface area contributed by atoms with Crippen molar-refractivity contribution >= 4 is 29.3 Å². The maximum Gasteiger partial charge on any atom is 0.230 e. The molecule has 2 rings (SSSR count). The number of halogens is 1. The van der Waals surface area contributed by atoms with Gasteiger partial charge in [0.15, 0.2) is 0 Å². The van der Waals surface area contributed by atoms with E-state index in [0.717, 1.165) is 4.90 Å². The molecule has 1 unspecified atom stereocenters. The predicted molar refractivity (Wildman–Crippen MR) is 72.5 cm³/mol. The second kappa shape index (κ2) is 5.78. The Hall–Kier alpha value is -0.670. The Morgan fingerprint density at radius 2 is 2.24 bits per heavy atom. The van der Waals surface area contributed by atoms with Gasteiger partial charge in [-0.2, -0.15) is 0 Å². The van der Waals surface area contributed by atoms with Gasteiger partial charge in [0.05, 0.1) is 10.8 Å². The highest BCUT2D eigenvalue weighted by atomic mass is 35.5. The van der Waals surface area contributed by atoms with Crippen molar-refractivity contribution in [1.29, 1.82) is 0 Å². The summed E-state index contributed by atoms with van der Waals surface area (Å²) < 4.78 is 0. The number of hydrogen-bond donors (Lipinski definition) is 1. The molecule has 0 spiro atoms. The molecule has 1 saturated carbocycles. The zero-order chi connectivity index (χ0) is 12.3. The van der Waals surface area contributed by atoms with Crippen LogP contribution in [0, 0.1) is 5.92 Å². The summed E-state index contributed by atoms with van der Waals surface area (Å²) in [5.41, 5.74) is 0. The van der Waals surface area contributed by atoms with Gasteiger partial charge in [-0.3, -0.25) is 4.79 Å². The minimum absolute atomic E-state index is 0.0920. The summed E-state index contributed by atoms with van der Waals surface area (Å²) in [7, 11) is 0. The SMILES string of the molecule is CC(NC(=O)CSc1ccccc1Cl)C1CC1. The van der Waals surface area contributed by atoms with Gasteiger partial charge in [0.1, 0.15) is 0 Å². The Morgan fingerprint density at radius 1 is 1.53 bits per heavy atom. The van der Waals surface area contributed by atoms with Crippen LogP contribution in [0.3, 0.4) is 0 Å². The van der Waals surface area contributed by atoms with Gasteiger partial charge in [-0.25, -0.2) is 0 Å². The lowest BCUT2D eigenvalue weighted by Gasteiger charge is -2.12. The average molecular weight is 270 g/mol. The molecule has 4 heteroatoms. The third-order valence-corrected chi connectivity index (χ3v) is 4.43. The summed E-state index contributed by atoms with van der Waals surface area (Å²) in [5.74, 6) is 1.22. The number of amides is 1. The number of thioether (sulfide) groups is 1. The van der Waals surface area contributed by atoms with Crippen molar-refractivity contribution in [3.8, 4) is 0 Å². The summed E-state index contributed by atoms with van der Waals surface area (Å²) in [6, 6.07) is 7.91. The maximum atomic E-state index is 11.7. The van der Waals surface area contributed by atoms with Gasteiger partial charge in [-0.1, -0.05) is 23.7 Å². The summed E-state index contributed by atoms with van der Waals surface area (Å²) in [6.07, 6.45) is 2.50. The van der Waals surface area contributed by atoms with E-state index in [4.69, 9.17) is 11.6 Å². The van der Waals surface area contributed by atoms with Crippen molar-refractivity contribution in [1.82, 2.24) is 5.32 Å². The van der Waals surface area contributed by atoms with Crippen LogP contribution in [0.5, 0.6) is 0 Å². The zero-order valence-corrected chi connectivity index (χ0v) is 11.4. The lowest BCUT2D eigenvalue weighted by Crippen LogP contribution is -2.35. The third-order valence-electron chi connectivity index (χ3n) is 2.91. The molecule has 1 amide bonds. The maximum absolute atomic E-state index is 11.7. The van der Waals surface area contributed by atoms with E-state index < -0.39 is 0 Å². The molecule has 0 aliphatic heterocycles. The number of hydrogen-bond acceptors (Lipinski definition) is 2. The Morgan fingerprint density at radius 3 is 2.88 bits per heavy atom. The minimum Gasteiger partial charge on any atom is -0.353 e. The summed E-state index contributed by atoms with van der Waals surface area (Å²) in [5, 5.41) is 3.74. The molecule has 0 saturated heterocycles. The van der Waals surface area contributed by atoms with E-state index in [9.17, 15) is 4.79 Å². The first-order valence-electron chi connectivity index (χ1n) is 5.83. The Bertz CT molecular complexity index is 406. The molecule has 0 radical (unpaired) electrons. The second-order valence-electron chi connectivity index (χ2n) is 4.41. The van der Waals surface area contributed by atoms with Crippen molar-refractivity contribution < 1.29 is 4.79 Å². The van der Waals surface area contributed by atoms with E-state index in [-0.39, 0.29) is 5.91 Å². The van der Waals surface area contributed by atoms with Crippen LogP contribution in [0.25, 0.3) is 0 Å². The van der Waals surface area contributed by atoms with Crippen LogP contribution in [0.4, 0.5) is 0 Å². The fraction of sp³-hybridized carbons (Fsp3) is 0.462. The van der Waals surface area contributed by atoms with Gasteiger partial charge in [0, 0.05) is 10.9 Å². The van der Waals surface area contributed by atoms with Crippen molar-refractivity contribution in [3.63, 3.8) is 0 Å². The predicted octanol–water partition coefficient (Wildman–Crippen LogP) is 3.35. The fourth-order valence-corrected chi connectivity index (χ4v) is 2.76. The molecule has 1 aliphatic rings. The first-order valence-corrected chi connectivity index (χ1v) is 7.20. The van der Waals surface area contributed by atoms with Crippen molar-refractivity contribution in [2.45, 2.75) is 30.7 Å². The van der Waals surface area contributed by atoms with Crippen LogP contribution >= 0.6 is 23.4 Å². The van der Waals surface area contributed by atoms with Crippen LogP contribution in [0.2, 0.25) is 5.02 Å². The molecule has 1 aromatic rings. The van der Waals surface area contributed by atoms with Crippen LogP contribution in [0.1, 0.15) is 19.8 Å². The normalized spacial score (nSPS) is 16.6. The van der Waals surface area contributed by atoms with Crippen LogP contribution < -0.4 is 5.32 Å². The molecule has 92 valence electrons. The van der Waals surface area contributed by atoms with Crippen molar-refractivity contribution in [2.24, 2.45) is 5.92 Å². The van der Waals surface area contributed by atoms with Gasteiger partial charge in [-0.05, 0) is 37.8 Å². The first-order chi connectivity index (χ1) is 8.16. The lowest BCUT2D eigenvalue weighted by molar-refractivity contribution is -0.119. The number of rotatable bonds is 5. The van der Waals surface area contributed by atoms with E-state index in [1.54, 1.807) is 0 Å². The summed E-state index contributed by atoms with van der Waals surface area (Å²) in [4.78, 5) is 12.7. The molecule has 1 atom stereocenters. The van der Waals surface area contributed by atoms with Crippen LogP contribution in [0.15, 0.2) is 29.2 Å². The molecule has 1 aromatic carbocycles. The van der Waals surface area contributed by atoms with E-state index in [0.29, 0.717) is 22.7 Å². The van der Waals surface area contributed by atoms with E-state index in [1.807, 2.05) is 24.3 Å². The standard InChI is InChI=1S/C13H16ClNOS/c1-9(10-6-7-10)15-13(16)8-17-12-5-3-2-4-11(12)14/h2-5,9-10H,6-8H2,1H3,(H,15,16). The Labute approximate surface area is 111 Å². The number of nitrogens with one attached hydrogen (secondary N) is 1. The molecular weight excluding hydrogens is 254 g/mol. The smallest absolute Gasteiger partial charge is 0.230 e. The van der Waals surface area contributed by atoms with Gasteiger partial charge in [0.2, 0.25) is 5.91 Å². The highest BCUT2D eigenvalue weighted by Crippen LogP contribution is 2.32. The largest absolute Gasteiger partial charge is 0.353 e. The summed E-state index contributed by atoms with van der Waals surface area (Å²) >= 11 is 7.51. The Balaban J connectivity index is 1.77. The number of carbonyl (C=O) groups is 1. The number of benzene rings is 1. The first kappa shape index (κ1) is 12.8. The average Bonchev–Trinajstić information content (AvgIpc) is 3.11. The highest BCUT2D eigenvalue weighted by molar-refractivity contribution is 8.00. The molecule has 0 aromatic heterocycles. The second-order valence-corrected chi connectivity index (χ2v) is 5.84. The van der Waals surface area contributed by atoms with Gasteiger partial charge < -0.3 is 5.32 Å². The Kier molecular flexibility index (Phi) is 4.35. The molecule has 1 fully saturated rings. The highest BCUT2D eigenvalue weighted by Gasteiger charge is 2.28. The monoisotopic (exact) mass is 269 g/mol. The number of carbonyl (C=O) groups excluding carboxylic acids is 1. The molecule has 0 heterocycles. The zero-order valence-electron chi connectivity index (χ0n) is 9.78. The van der Waals surface area contributed by atoms with Gasteiger partial charge >= 0.3 is 0 Å². The molecule has 0 bridgehead atoms. The summed E-state index contributed by atoms with van der Waals surface area (Å²) in [6.45, 7) is 2.08. The minimum atomic E-state index is 0.0920. The molecule has 17 heavy (non-hydrogen) atoms. The lowest BCUT2D eigenvalue weighted by atomic mass is 10.2. The van der Waals surface area contributed by atoms with Crippen molar-refractivity contribution in [2.75, 3.05) is 5.75 Å². The molecule has 1 aliphatic carbocycles. The molecule has 2 nitrogen and oxygen atoms in total.